The second-order valence-corrected chi connectivity index (χ2v) is 5.10. The van der Waals surface area contributed by atoms with E-state index in [9.17, 15) is 0 Å². The summed E-state index contributed by atoms with van der Waals surface area (Å²) in [7, 11) is 0. The monoisotopic (exact) mass is 318 g/mol. The molecule has 0 nitrogen and oxygen atoms in total. The zero-order chi connectivity index (χ0) is 10.2. The summed E-state index contributed by atoms with van der Waals surface area (Å²) in [5.41, 5.74) is 1.46. The zero-order valence-electron chi connectivity index (χ0n) is 8.26. The van der Waals surface area contributed by atoms with Crippen molar-refractivity contribution in [1.29, 1.82) is 0 Å². The Kier molecular flexibility index (Phi) is 6.54. The normalized spacial score (nSPS) is 10.8. The molecule has 0 saturated heterocycles. The maximum atomic E-state index is 3.52. The van der Waals surface area contributed by atoms with Gasteiger partial charge in [0, 0.05) is 10.7 Å². The highest BCUT2D eigenvalue weighted by molar-refractivity contribution is 9.09. The summed E-state index contributed by atoms with van der Waals surface area (Å²) in [4.78, 5) is 0. The highest BCUT2D eigenvalue weighted by Crippen LogP contribution is 2.17. The van der Waals surface area contributed by atoms with Gasteiger partial charge in [-0.2, -0.15) is 0 Å². The lowest BCUT2D eigenvalue weighted by molar-refractivity contribution is 0.501. The van der Waals surface area contributed by atoms with Crippen LogP contribution in [0, 0.1) is 5.92 Å². The van der Waals surface area contributed by atoms with Crippen molar-refractivity contribution in [3.05, 3.63) is 35.9 Å². The molecule has 0 spiro atoms. The van der Waals surface area contributed by atoms with Crippen LogP contribution >= 0.6 is 31.9 Å². The molecule has 2 heteroatoms. The van der Waals surface area contributed by atoms with E-state index in [0.29, 0.717) is 0 Å². The first-order valence-corrected chi connectivity index (χ1v) is 7.27. The molecule has 1 aromatic carbocycles. The van der Waals surface area contributed by atoms with Crippen LogP contribution < -0.4 is 0 Å². The number of halogens is 2. The lowest BCUT2D eigenvalue weighted by Crippen LogP contribution is -2.06. The van der Waals surface area contributed by atoms with E-state index in [-0.39, 0.29) is 0 Å². The molecule has 0 aliphatic rings. The fourth-order valence-electron chi connectivity index (χ4n) is 1.60. The van der Waals surface area contributed by atoms with Crippen LogP contribution in [0.4, 0.5) is 0 Å². The van der Waals surface area contributed by atoms with E-state index in [2.05, 4.69) is 62.2 Å². The largest absolute Gasteiger partial charge is 0.0928 e. The van der Waals surface area contributed by atoms with Gasteiger partial charge in [0.25, 0.3) is 0 Å². The van der Waals surface area contributed by atoms with Crippen LogP contribution in [0.25, 0.3) is 0 Å². The smallest absolute Gasteiger partial charge is 0.00340 e. The van der Waals surface area contributed by atoms with Crippen LogP contribution in [0.3, 0.4) is 0 Å². The molecular formula is C12H16Br2. The van der Waals surface area contributed by atoms with Crippen LogP contribution in [0.5, 0.6) is 0 Å². The fraction of sp³-hybridized carbons (Fsp3) is 0.500. The Labute approximate surface area is 103 Å². The summed E-state index contributed by atoms with van der Waals surface area (Å²) in [5.74, 6) is 0.802. The third kappa shape index (κ3) is 4.61. The van der Waals surface area contributed by atoms with Gasteiger partial charge in [-0.25, -0.2) is 0 Å². The number of hydrogen-bond donors (Lipinski definition) is 0. The Morgan fingerprint density at radius 2 is 1.50 bits per heavy atom. The summed E-state index contributed by atoms with van der Waals surface area (Å²) in [6.45, 7) is 0. The molecule has 0 saturated carbocycles. The van der Waals surface area contributed by atoms with E-state index in [1.807, 2.05) is 0 Å². The Morgan fingerprint density at radius 1 is 0.929 bits per heavy atom. The van der Waals surface area contributed by atoms with Crippen LogP contribution in [0.15, 0.2) is 30.3 Å². The van der Waals surface area contributed by atoms with Crippen molar-refractivity contribution in [3.8, 4) is 0 Å². The Morgan fingerprint density at radius 3 is 2.00 bits per heavy atom. The van der Waals surface area contributed by atoms with Gasteiger partial charge in [-0.05, 0) is 30.7 Å². The second-order valence-electron chi connectivity index (χ2n) is 3.51. The second kappa shape index (κ2) is 7.47. The van der Waals surface area contributed by atoms with Crippen LogP contribution in [-0.4, -0.2) is 10.7 Å². The van der Waals surface area contributed by atoms with Crippen molar-refractivity contribution in [3.63, 3.8) is 0 Å². The molecule has 0 aromatic heterocycles. The fourth-order valence-corrected chi connectivity index (χ4v) is 2.90. The third-order valence-corrected chi connectivity index (χ3v) is 3.32. The van der Waals surface area contributed by atoms with Gasteiger partial charge in [-0.1, -0.05) is 62.2 Å². The molecule has 0 unspecified atom stereocenters. The van der Waals surface area contributed by atoms with E-state index < -0.39 is 0 Å². The molecule has 0 bridgehead atoms. The molecule has 14 heavy (non-hydrogen) atoms. The summed E-state index contributed by atoms with van der Waals surface area (Å²) in [6, 6.07) is 10.8. The number of hydrogen-bond acceptors (Lipinski definition) is 0. The first kappa shape index (κ1) is 12.3. The van der Waals surface area contributed by atoms with E-state index >= 15 is 0 Å². The van der Waals surface area contributed by atoms with Gasteiger partial charge in [-0.15, -0.1) is 0 Å². The van der Waals surface area contributed by atoms with Crippen LogP contribution in [-0.2, 0) is 6.42 Å². The van der Waals surface area contributed by atoms with Crippen molar-refractivity contribution in [2.24, 2.45) is 5.92 Å². The van der Waals surface area contributed by atoms with Crippen molar-refractivity contribution < 1.29 is 0 Å². The Bertz CT molecular complexity index is 227. The SMILES string of the molecule is BrCCC(CCBr)Cc1ccccc1. The first-order chi connectivity index (χ1) is 6.86. The van der Waals surface area contributed by atoms with E-state index in [1.165, 1.54) is 24.8 Å². The van der Waals surface area contributed by atoms with Gasteiger partial charge in [0.15, 0.2) is 0 Å². The molecule has 0 aliphatic heterocycles. The zero-order valence-corrected chi connectivity index (χ0v) is 11.4. The quantitative estimate of drug-likeness (QED) is 0.681. The van der Waals surface area contributed by atoms with Gasteiger partial charge in [0.1, 0.15) is 0 Å². The molecular weight excluding hydrogens is 304 g/mol. The first-order valence-electron chi connectivity index (χ1n) is 5.02. The summed E-state index contributed by atoms with van der Waals surface area (Å²) >= 11 is 7.04. The maximum Gasteiger partial charge on any atom is 0.00340 e. The highest BCUT2D eigenvalue weighted by atomic mass is 79.9. The van der Waals surface area contributed by atoms with Gasteiger partial charge in [0.05, 0.1) is 0 Å². The molecule has 0 N–H and O–H groups in total. The predicted molar refractivity (Wildman–Crippen MR) is 70.5 cm³/mol. The molecule has 1 aromatic rings. The van der Waals surface area contributed by atoms with Crippen molar-refractivity contribution in [1.82, 2.24) is 0 Å². The topological polar surface area (TPSA) is 0 Å². The Hall–Kier alpha value is 0.180. The van der Waals surface area contributed by atoms with Crippen molar-refractivity contribution in [2.75, 3.05) is 10.7 Å². The maximum absolute atomic E-state index is 3.52. The summed E-state index contributed by atoms with van der Waals surface area (Å²) in [5, 5.41) is 2.22. The lowest BCUT2D eigenvalue weighted by atomic mass is 9.95. The molecule has 78 valence electrons. The average Bonchev–Trinajstić information content (AvgIpc) is 2.20. The van der Waals surface area contributed by atoms with Crippen molar-refractivity contribution >= 4 is 31.9 Å². The van der Waals surface area contributed by atoms with Crippen LogP contribution in [0.1, 0.15) is 18.4 Å². The molecule has 0 aliphatic carbocycles. The van der Waals surface area contributed by atoms with Gasteiger partial charge in [-0.3, -0.25) is 0 Å². The van der Waals surface area contributed by atoms with E-state index in [1.54, 1.807) is 0 Å². The predicted octanol–water partition coefficient (Wildman–Crippen LogP) is 4.42. The van der Waals surface area contributed by atoms with E-state index in [4.69, 9.17) is 0 Å². The summed E-state index contributed by atoms with van der Waals surface area (Å²) < 4.78 is 0. The molecule has 0 heterocycles. The minimum atomic E-state index is 0.802. The molecule has 0 fully saturated rings. The molecule has 1 rings (SSSR count). The van der Waals surface area contributed by atoms with Gasteiger partial charge < -0.3 is 0 Å². The van der Waals surface area contributed by atoms with E-state index in [0.717, 1.165) is 16.6 Å². The Balaban J connectivity index is 2.46. The van der Waals surface area contributed by atoms with Crippen molar-refractivity contribution in [2.45, 2.75) is 19.3 Å². The van der Waals surface area contributed by atoms with Crippen LogP contribution in [0.2, 0.25) is 0 Å². The minimum absolute atomic E-state index is 0.802. The third-order valence-electron chi connectivity index (χ3n) is 2.40. The van der Waals surface area contributed by atoms with Gasteiger partial charge >= 0.3 is 0 Å². The summed E-state index contributed by atoms with van der Waals surface area (Å²) in [6.07, 6.45) is 3.74. The highest BCUT2D eigenvalue weighted by Gasteiger charge is 2.07. The standard InChI is InChI=1S/C12H16Br2/c13-8-6-12(7-9-14)10-11-4-2-1-3-5-11/h1-5,12H,6-10H2. The average molecular weight is 320 g/mol. The molecule has 0 amide bonds. The van der Waals surface area contributed by atoms with Gasteiger partial charge in [0.2, 0.25) is 0 Å². The number of alkyl halides is 2. The molecule has 0 radical (unpaired) electrons. The minimum Gasteiger partial charge on any atom is -0.0928 e. The molecule has 0 atom stereocenters. The number of benzene rings is 1. The number of rotatable bonds is 6. The lowest BCUT2D eigenvalue weighted by Gasteiger charge is -2.14.